The summed E-state index contributed by atoms with van der Waals surface area (Å²) in [5.74, 6) is 1.06. The summed E-state index contributed by atoms with van der Waals surface area (Å²) in [6.07, 6.45) is 5.03. The highest BCUT2D eigenvalue weighted by Crippen LogP contribution is 2.27. The molecule has 3 rings (SSSR count). The Labute approximate surface area is 126 Å². The zero-order valence-electron chi connectivity index (χ0n) is 11.5. The minimum atomic E-state index is -0.625. The molecule has 0 aromatic heterocycles. The van der Waals surface area contributed by atoms with Gasteiger partial charge in [-0.25, -0.2) is 4.79 Å². The lowest BCUT2D eigenvalue weighted by Gasteiger charge is -2.17. The number of hydrogen-bond donors (Lipinski definition) is 0. The summed E-state index contributed by atoms with van der Waals surface area (Å²) in [4.78, 5) is 36.7. The van der Waals surface area contributed by atoms with Crippen LogP contribution in [0.25, 0.3) is 0 Å². The quantitative estimate of drug-likeness (QED) is 0.536. The van der Waals surface area contributed by atoms with Crippen LogP contribution in [0.4, 0.5) is 0 Å². The molecule has 0 amide bonds. The second-order valence-electron chi connectivity index (χ2n) is 4.74. The highest BCUT2D eigenvalue weighted by atomic mass is 16.5. The Balaban J connectivity index is 2.07. The maximum absolute atomic E-state index is 12.5. The molecule has 4 nitrogen and oxygen atoms in total. The number of carbonyl (C=O) groups excluding carboxylic acids is 3. The second kappa shape index (κ2) is 5.30. The van der Waals surface area contributed by atoms with Gasteiger partial charge in [-0.15, -0.1) is 6.42 Å². The van der Waals surface area contributed by atoms with Crippen LogP contribution in [0.3, 0.4) is 0 Å². The van der Waals surface area contributed by atoms with Crippen molar-refractivity contribution in [2.24, 2.45) is 0 Å². The molecule has 106 valence electrons. The van der Waals surface area contributed by atoms with Crippen molar-refractivity contribution < 1.29 is 19.1 Å². The van der Waals surface area contributed by atoms with Crippen molar-refractivity contribution in [3.63, 3.8) is 0 Å². The summed E-state index contributed by atoms with van der Waals surface area (Å²) >= 11 is 0. The van der Waals surface area contributed by atoms with Crippen LogP contribution in [-0.4, -0.2) is 24.1 Å². The minimum Gasteiger partial charge on any atom is -0.449 e. The van der Waals surface area contributed by atoms with Gasteiger partial charge in [0.25, 0.3) is 0 Å². The lowest BCUT2D eigenvalue weighted by atomic mass is 9.83. The summed E-state index contributed by atoms with van der Waals surface area (Å²) < 4.78 is 4.83. The summed E-state index contributed by atoms with van der Waals surface area (Å²) in [7, 11) is 0. The van der Waals surface area contributed by atoms with E-state index in [0.717, 1.165) is 0 Å². The summed E-state index contributed by atoms with van der Waals surface area (Å²) in [6.45, 7) is -0.147. The molecular formula is C18H10O4. The molecule has 1 aliphatic carbocycles. The van der Waals surface area contributed by atoms with E-state index >= 15 is 0 Å². The van der Waals surface area contributed by atoms with E-state index in [1.54, 1.807) is 24.3 Å². The molecule has 0 saturated carbocycles. The first-order valence-corrected chi connectivity index (χ1v) is 6.56. The molecule has 0 radical (unpaired) electrons. The number of ether oxygens (including phenoxy) is 1. The first kappa shape index (κ1) is 13.8. The fraction of sp³-hybridized carbons (Fsp3) is 0.0556. The minimum absolute atomic E-state index is 0.147. The molecule has 0 bridgehead atoms. The van der Waals surface area contributed by atoms with Gasteiger partial charge in [0.2, 0.25) is 0 Å². The van der Waals surface area contributed by atoms with Gasteiger partial charge in [0, 0.05) is 22.3 Å². The van der Waals surface area contributed by atoms with Crippen molar-refractivity contribution in [2.75, 3.05) is 6.61 Å². The summed E-state index contributed by atoms with van der Waals surface area (Å²) in [5.41, 5.74) is 1.40. The number of hydrogen-bond acceptors (Lipinski definition) is 4. The first-order chi connectivity index (χ1) is 10.6. The fourth-order valence-corrected chi connectivity index (χ4v) is 2.42. The van der Waals surface area contributed by atoms with E-state index in [0.29, 0.717) is 11.1 Å². The number of benzene rings is 2. The molecular weight excluding hydrogens is 280 g/mol. The molecule has 0 atom stereocenters. The third kappa shape index (κ3) is 2.09. The third-order valence-electron chi connectivity index (χ3n) is 3.45. The molecule has 0 N–H and O–H groups in total. The van der Waals surface area contributed by atoms with Crippen LogP contribution in [0.15, 0.2) is 42.5 Å². The topological polar surface area (TPSA) is 60.4 Å². The highest BCUT2D eigenvalue weighted by molar-refractivity contribution is 6.28. The largest absolute Gasteiger partial charge is 0.449 e. The zero-order chi connectivity index (χ0) is 15.7. The Morgan fingerprint density at radius 1 is 0.955 bits per heavy atom. The van der Waals surface area contributed by atoms with E-state index < -0.39 is 5.97 Å². The Hall–Kier alpha value is -3.19. The molecule has 0 heterocycles. The van der Waals surface area contributed by atoms with E-state index in [4.69, 9.17) is 11.2 Å². The van der Waals surface area contributed by atoms with Gasteiger partial charge in [-0.1, -0.05) is 30.2 Å². The number of carbonyl (C=O) groups is 3. The normalized spacial score (nSPS) is 12.1. The van der Waals surface area contributed by atoms with E-state index in [9.17, 15) is 14.4 Å². The van der Waals surface area contributed by atoms with E-state index in [1.165, 1.54) is 18.2 Å². The molecule has 0 spiro atoms. The standard InChI is InChI=1S/C18H10O4/c1-2-9-22-18(21)11-7-8-14-15(10-11)17(20)13-6-4-3-5-12(13)16(14)19/h1,3-8,10H,9H2. The van der Waals surface area contributed by atoms with Crippen molar-refractivity contribution in [1.82, 2.24) is 0 Å². The molecule has 2 aromatic rings. The van der Waals surface area contributed by atoms with Crippen molar-refractivity contribution >= 4 is 17.5 Å². The predicted octanol–water partition coefficient (Wildman–Crippen LogP) is 2.25. The van der Waals surface area contributed by atoms with E-state index in [2.05, 4.69) is 5.92 Å². The van der Waals surface area contributed by atoms with Gasteiger partial charge in [-0.05, 0) is 18.2 Å². The van der Waals surface area contributed by atoms with Gasteiger partial charge in [0.1, 0.15) is 0 Å². The Kier molecular flexibility index (Phi) is 3.32. The van der Waals surface area contributed by atoms with Crippen molar-refractivity contribution in [3.05, 3.63) is 70.3 Å². The van der Waals surface area contributed by atoms with Gasteiger partial charge in [-0.3, -0.25) is 9.59 Å². The van der Waals surface area contributed by atoms with Crippen LogP contribution < -0.4 is 0 Å². The number of rotatable bonds is 2. The zero-order valence-corrected chi connectivity index (χ0v) is 11.5. The molecule has 22 heavy (non-hydrogen) atoms. The SMILES string of the molecule is C#CCOC(=O)c1ccc2c(c1)C(=O)c1ccccc1C2=O. The fourth-order valence-electron chi connectivity index (χ4n) is 2.42. The molecule has 4 heteroatoms. The lowest BCUT2D eigenvalue weighted by molar-refractivity contribution is 0.0556. The van der Waals surface area contributed by atoms with Crippen LogP contribution in [0.2, 0.25) is 0 Å². The maximum atomic E-state index is 12.5. The average molecular weight is 290 g/mol. The number of ketones is 2. The van der Waals surface area contributed by atoms with Crippen LogP contribution in [0.5, 0.6) is 0 Å². The van der Waals surface area contributed by atoms with Gasteiger partial charge in [0.15, 0.2) is 18.2 Å². The van der Waals surface area contributed by atoms with Crippen LogP contribution >= 0.6 is 0 Å². The van der Waals surface area contributed by atoms with Crippen molar-refractivity contribution in [2.45, 2.75) is 0 Å². The van der Waals surface area contributed by atoms with Crippen LogP contribution in [0.1, 0.15) is 42.2 Å². The van der Waals surface area contributed by atoms with E-state index in [-0.39, 0.29) is 34.9 Å². The van der Waals surface area contributed by atoms with Gasteiger partial charge >= 0.3 is 5.97 Å². The van der Waals surface area contributed by atoms with Gasteiger partial charge in [-0.2, -0.15) is 0 Å². The van der Waals surface area contributed by atoms with Gasteiger partial charge in [0.05, 0.1) is 5.56 Å². The Morgan fingerprint density at radius 2 is 1.55 bits per heavy atom. The number of terminal acetylenes is 1. The maximum Gasteiger partial charge on any atom is 0.339 e. The van der Waals surface area contributed by atoms with E-state index in [1.807, 2.05) is 0 Å². The summed E-state index contributed by atoms with van der Waals surface area (Å²) in [6, 6.07) is 10.9. The Bertz CT molecular complexity index is 856. The third-order valence-corrected chi connectivity index (χ3v) is 3.45. The molecule has 2 aromatic carbocycles. The molecule has 0 unspecified atom stereocenters. The molecule has 0 fully saturated rings. The van der Waals surface area contributed by atoms with Crippen molar-refractivity contribution in [1.29, 1.82) is 0 Å². The second-order valence-corrected chi connectivity index (χ2v) is 4.74. The average Bonchev–Trinajstić information content (AvgIpc) is 2.57. The first-order valence-electron chi connectivity index (χ1n) is 6.56. The smallest absolute Gasteiger partial charge is 0.339 e. The number of esters is 1. The lowest BCUT2D eigenvalue weighted by Crippen LogP contribution is -2.21. The molecule has 0 aliphatic heterocycles. The van der Waals surface area contributed by atoms with Crippen molar-refractivity contribution in [3.8, 4) is 12.3 Å². The van der Waals surface area contributed by atoms with Gasteiger partial charge < -0.3 is 4.74 Å². The summed E-state index contributed by atoms with van der Waals surface area (Å²) in [5, 5.41) is 0. The molecule has 0 saturated heterocycles. The highest BCUT2D eigenvalue weighted by Gasteiger charge is 2.29. The van der Waals surface area contributed by atoms with Crippen LogP contribution in [0, 0.1) is 12.3 Å². The Morgan fingerprint density at radius 3 is 2.18 bits per heavy atom. The number of fused-ring (bicyclic) bond motifs is 2. The molecule has 1 aliphatic rings. The monoisotopic (exact) mass is 290 g/mol. The van der Waals surface area contributed by atoms with Crippen LogP contribution in [-0.2, 0) is 4.74 Å². The predicted molar refractivity (Wildman–Crippen MR) is 78.9 cm³/mol.